The molecule has 18 heavy (non-hydrogen) atoms. The number of ether oxygens (including phenoxy) is 1. The van der Waals surface area contributed by atoms with Crippen LogP contribution in [0.25, 0.3) is 0 Å². The van der Waals surface area contributed by atoms with Crippen molar-refractivity contribution in [1.82, 2.24) is 10.3 Å². The van der Waals surface area contributed by atoms with Crippen molar-refractivity contribution in [3.63, 3.8) is 0 Å². The summed E-state index contributed by atoms with van der Waals surface area (Å²) in [7, 11) is 3.15. The molecule has 0 saturated carbocycles. The second kappa shape index (κ2) is 6.97. The van der Waals surface area contributed by atoms with Gasteiger partial charge in [-0.05, 0) is 32.5 Å². The molecule has 0 amide bonds. The van der Waals surface area contributed by atoms with Gasteiger partial charge in [-0.3, -0.25) is 4.79 Å². The molecule has 100 valence electrons. The fraction of sp³-hybridized carbons (Fsp3) is 0.500. The van der Waals surface area contributed by atoms with E-state index in [4.69, 9.17) is 16.3 Å². The number of halogens is 1. The highest BCUT2D eigenvalue weighted by Gasteiger charge is 2.31. The number of hydrogen-bond donors (Lipinski definition) is 1. The molecule has 1 N–H and O–H groups in total. The average molecular weight is 289 g/mol. The number of hydrogen-bond acceptors (Lipinski definition) is 5. The molecular weight excluding hydrogens is 272 g/mol. The van der Waals surface area contributed by atoms with Crippen LogP contribution in [0.2, 0.25) is 5.02 Å². The average Bonchev–Trinajstić information content (AvgIpc) is 2.39. The number of pyridine rings is 1. The molecule has 0 aliphatic rings. The quantitative estimate of drug-likeness (QED) is 0.643. The first-order valence-electron chi connectivity index (χ1n) is 5.53. The topological polar surface area (TPSA) is 51.2 Å². The molecule has 0 aliphatic carbocycles. The van der Waals surface area contributed by atoms with E-state index in [-0.39, 0.29) is 5.97 Å². The third-order valence-electron chi connectivity index (χ3n) is 2.74. The minimum Gasteiger partial charge on any atom is -0.468 e. The van der Waals surface area contributed by atoms with Gasteiger partial charge in [0, 0.05) is 11.9 Å². The lowest BCUT2D eigenvalue weighted by molar-refractivity contribution is -0.147. The maximum atomic E-state index is 11.6. The molecule has 0 bridgehead atoms. The Morgan fingerprint density at radius 3 is 2.83 bits per heavy atom. The Balaban J connectivity index is 2.49. The summed E-state index contributed by atoms with van der Waals surface area (Å²) >= 11 is 7.34. The molecular formula is C12H17ClN2O2S. The summed E-state index contributed by atoms with van der Waals surface area (Å²) in [5, 5.41) is 4.51. The number of likely N-dealkylation sites (N-methyl/N-ethyl adjacent to an activating group) is 1. The summed E-state index contributed by atoms with van der Waals surface area (Å²) in [5.41, 5.74) is -0.659. The van der Waals surface area contributed by atoms with Crippen LogP contribution in [0.4, 0.5) is 0 Å². The number of carbonyl (C=O) groups excluding carboxylic acids is 1. The maximum absolute atomic E-state index is 11.6. The van der Waals surface area contributed by atoms with Gasteiger partial charge in [-0.1, -0.05) is 11.6 Å². The highest BCUT2D eigenvalue weighted by Crippen LogP contribution is 2.21. The molecule has 0 radical (unpaired) electrons. The molecule has 1 heterocycles. The number of nitrogens with one attached hydrogen (secondary N) is 1. The number of nitrogens with zero attached hydrogens (tertiary/aromatic N) is 1. The van der Waals surface area contributed by atoms with Crippen LogP contribution < -0.4 is 5.32 Å². The predicted molar refractivity (Wildman–Crippen MR) is 74.1 cm³/mol. The van der Waals surface area contributed by atoms with Crippen molar-refractivity contribution in [3.8, 4) is 0 Å². The van der Waals surface area contributed by atoms with Gasteiger partial charge in [0.1, 0.15) is 5.54 Å². The fourth-order valence-electron chi connectivity index (χ4n) is 1.36. The highest BCUT2D eigenvalue weighted by atomic mass is 35.5. The van der Waals surface area contributed by atoms with E-state index < -0.39 is 5.54 Å². The summed E-state index contributed by atoms with van der Waals surface area (Å²) in [4.78, 5) is 15.8. The molecule has 0 spiro atoms. The number of esters is 1. The van der Waals surface area contributed by atoms with Gasteiger partial charge >= 0.3 is 5.97 Å². The van der Waals surface area contributed by atoms with E-state index in [1.54, 1.807) is 31.1 Å². The zero-order valence-corrected chi connectivity index (χ0v) is 12.3. The summed E-state index contributed by atoms with van der Waals surface area (Å²) < 4.78 is 4.78. The van der Waals surface area contributed by atoms with E-state index in [1.807, 2.05) is 13.0 Å². The van der Waals surface area contributed by atoms with Crippen LogP contribution in [0.15, 0.2) is 23.4 Å². The van der Waals surface area contributed by atoms with E-state index in [1.165, 1.54) is 7.11 Å². The Morgan fingerprint density at radius 1 is 1.61 bits per heavy atom. The Bertz CT molecular complexity index is 400. The van der Waals surface area contributed by atoms with Crippen molar-refractivity contribution in [2.45, 2.75) is 23.9 Å². The zero-order chi connectivity index (χ0) is 13.6. The van der Waals surface area contributed by atoms with Crippen molar-refractivity contribution >= 4 is 29.3 Å². The van der Waals surface area contributed by atoms with Crippen LogP contribution >= 0.6 is 23.4 Å². The summed E-state index contributed by atoms with van der Waals surface area (Å²) in [6, 6.07) is 3.66. The molecule has 1 atom stereocenters. The van der Waals surface area contributed by atoms with Gasteiger partial charge in [0.25, 0.3) is 0 Å². The van der Waals surface area contributed by atoms with Crippen LogP contribution in [0.3, 0.4) is 0 Å². The minimum atomic E-state index is -0.659. The van der Waals surface area contributed by atoms with Gasteiger partial charge in [-0.25, -0.2) is 4.98 Å². The largest absolute Gasteiger partial charge is 0.468 e. The Labute approximate surface area is 116 Å². The molecule has 6 heteroatoms. The van der Waals surface area contributed by atoms with Gasteiger partial charge in [0.2, 0.25) is 0 Å². The van der Waals surface area contributed by atoms with E-state index in [0.717, 1.165) is 10.8 Å². The van der Waals surface area contributed by atoms with Gasteiger partial charge in [-0.15, -0.1) is 11.8 Å². The molecule has 0 saturated heterocycles. The first-order valence-corrected chi connectivity index (χ1v) is 6.90. The van der Waals surface area contributed by atoms with Crippen LogP contribution in [-0.2, 0) is 9.53 Å². The number of aromatic nitrogens is 1. The molecule has 1 unspecified atom stereocenters. The van der Waals surface area contributed by atoms with Crippen LogP contribution in [0, 0.1) is 0 Å². The lowest BCUT2D eigenvalue weighted by atomic mass is 10.00. The van der Waals surface area contributed by atoms with Gasteiger partial charge in [0.15, 0.2) is 0 Å². The van der Waals surface area contributed by atoms with Gasteiger partial charge < -0.3 is 10.1 Å². The highest BCUT2D eigenvalue weighted by molar-refractivity contribution is 7.99. The molecule has 1 aromatic heterocycles. The first kappa shape index (κ1) is 15.3. The standard InChI is InChI=1S/C12H17ClN2O2S/c1-12(14-2,11(16)17-3)6-7-18-10-5-4-9(13)8-15-10/h4-5,8,14H,6-7H2,1-3H3. The number of rotatable bonds is 6. The third kappa shape index (κ3) is 4.15. The van der Waals surface area contributed by atoms with Crippen LogP contribution in [0.5, 0.6) is 0 Å². The maximum Gasteiger partial charge on any atom is 0.325 e. The smallest absolute Gasteiger partial charge is 0.325 e. The summed E-state index contributed by atoms with van der Waals surface area (Å²) in [6.07, 6.45) is 2.27. The lowest BCUT2D eigenvalue weighted by Gasteiger charge is -2.25. The molecule has 0 fully saturated rings. The zero-order valence-electron chi connectivity index (χ0n) is 10.7. The Hall–Kier alpha value is -0.780. The third-order valence-corrected chi connectivity index (χ3v) is 3.91. The second-order valence-electron chi connectivity index (χ2n) is 3.99. The number of carbonyl (C=O) groups is 1. The molecule has 4 nitrogen and oxygen atoms in total. The Kier molecular flexibility index (Phi) is 5.91. The first-order chi connectivity index (χ1) is 8.51. The minimum absolute atomic E-state index is 0.255. The van der Waals surface area contributed by atoms with E-state index in [9.17, 15) is 4.79 Å². The molecule has 1 aromatic rings. The summed E-state index contributed by atoms with van der Waals surface area (Å²) in [6.45, 7) is 1.83. The van der Waals surface area contributed by atoms with Crippen molar-refractivity contribution in [2.75, 3.05) is 19.9 Å². The van der Waals surface area contributed by atoms with Gasteiger partial charge in [0.05, 0.1) is 17.2 Å². The van der Waals surface area contributed by atoms with E-state index in [2.05, 4.69) is 10.3 Å². The molecule has 0 aliphatic heterocycles. The monoisotopic (exact) mass is 288 g/mol. The fourth-order valence-corrected chi connectivity index (χ4v) is 2.48. The predicted octanol–water partition coefficient (Wildman–Crippen LogP) is 2.37. The molecule has 0 aromatic carbocycles. The van der Waals surface area contributed by atoms with Crippen molar-refractivity contribution in [2.24, 2.45) is 0 Å². The van der Waals surface area contributed by atoms with E-state index >= 15 is 0 Å². The number of thioether (sulfide) groups is 1. The Morgan fingerprint density at radius 2 is 2.33 bits per heavy atom. The second-order valence-corrected chi connectivity index (χ2v) is 5.54. The number of methoxy groups -OCH3 is 1. The molecule has 1 rings (SSSR count). The van der Waals surface area contributed by atoms with Crippen molar-refractivity contribution < 1.29 is 9.53 Å². The van der Waals surface area contributed by atoms with Crippen LogP contribution in [-0.4, -0.2) is 36.4 Å². The van der Waals surface area contributed by atoms with Gasteiger partial charge in [-0.2, -0.15) is 0 Å². The van der Waals surface area contributed by atoms with Crippen molar-refractivity contribution in [1.29, 1.82) is 0 Å². The normalized spacial score (nSPS) is 14.0. The van der Waals surface area contributed by atoms with Crippen LogP contribution in [0.1, 0.15) is 13.3 Å². The lowest BCUT2D eigenvalue weighted by Crippen LogP contribution is -2.48. The van der Waals surface area contributed by atoms with Crippen molar-refractivity contribution in [3.05, 3.63) is 23.4 Å². The van der Waals surface area contributed by atoms with E-state index in [0.29, 0.717) is 11.4 Å². The SMILES string of the molecule is CNC(C)(CCSc1ccc(Cl)cn1)C(=O)OC. The summed E-state index contributed by atoms with van der Waals surface area (Å²) in [5.74, 6) is 0.510.